The first-order chi connectivity index (χ1) is 14.1. The van der Waals surface area contributed by atoms with Crippen LogP contribution in [0.1, 0.15) is 23.7 Å². The predicted octanol–water partition coefficient (Wildman–Crippen LogP) is 4.93. The molecule has 9 heteroatoms. The molecule has 0 aliphatic heterocycles. The van der Waals surface area contributed by atoms with Gasteiger partial charge in [0.15, 0.2) is 5.11 Å². The molecule has 6 nitrogen and oxygen atoms in total. The number of benzene rings is 1. The average molecular weight is 493 g/mol. The zero-order chi connectivity index (χ0) is 20.6. The number of carbonyl (C=O) groups excluding carboxylic acids is 1. The van der Waals surface area contributed by atoms with E-state index in [9.17, 15) is 4.79 Å². The van der Waals surface area contributed by atoms with Crippen LogP contribution in [-0.2, 0) is 11.3 Å². The van der Waals surface area contributed by atoms with Crippen LogP contribution < -0.4 is 10.6 Å². The molecule has 0 aliphatic rings. The van der Waals surface area contributed by atoms with Crippen molar-refractivity contribution in [3.63, 3.8) is 0 Å². The summed E-state index contributed by atoms with van der Waals surface area (Å²) in [6, 6.07) is 11.8. The highest BCUT2D eigenvalue weighted by molar-refractivity contribution is 9.10. The van der Waals surface area contributed by atoms with Crippen LogP contribution in [0.2, 0.25) is 0 Å². The SMILES string of the molecule is CCOC(=O)c1cc(-c2ccccc2)sc1NC(=S)NCCCn1cc(Br)cn1. The van der Waals surface area contributed by atoms with Gasteiger partial charge in [0, 0.05) is 24.2 Å². The normalized spacial score (nSPS) is 10.6. The van der Waals surface area contributed by atoms with Gasteiger partial charge >= 0.3 is 5.97 Å². The number of ether oxygens (including phenoxy) is 1. The Bertz CT molecular complexity index is 972. The number of halogens is 1. The maximum Gasteiger partial charge on any atom is 0.341 e. The van der Waals surface area contributed by atoms with E-state index in [4.69, 9.17) is 17.0 Å². The number of hydrogen-bond acceptors (Lipinski definition) is 5. The summed E-state index contributed by atoms with van der Waals surface area (Å²) in [4.78, 5) is 13.4. The van der Waals surface area contributed by atoms with Crippen molar-refractivity contribution in [3.05, 3.63) is 58.8 Å². The van der Waals surface area contributed by atoms with Gasteiger partial charge in [-0.25, -0.2) is 4.79 Å². The summed E-state index contributed by atoms with van der Waals surface area (Å²) < 4.78 is 8.03. The number of thiocarbonyl (C=S) groups is 1. The van der Waals surface area contributed by atoms with Crippen LogP contribution in [0.15, 0.2) is 53.3 Å². The quantitative estimate of drug-likeness (QED) is 0.264. The molecule has 3 rings (SSSR count). The first-order valence-electron chi connectivity index (χ1n) is 9.16. The molecule has 0 fully saturated rings. The molecule has 0 atom stereocenters. The van der Waals surface area contributed by atoms with Crippen LogP contribution >= 0.6 is 39.5 Å². The Morgan fingerprint density at radius 2 is 2.14 bits per heavy atom. The first-order valence-corrected chi connectivity index (χ1v) is 11.2. The lowest BCUT2D eigenvalue weighted by Gasteiger charge is -2.10. The number of aryl methyl sites for hydroxylation is 1. The van der Waals surface area contributed by atoms with Crippen LogP contribution in [0.4, 0.5) is 5.00 Å². The van der Waals surface area contributed by atoms with Gasteiger partial charge in [-0.15, -0.1) is 11.3 Å². The van der Waals surface area contributed by atoms with Crippen LogP contribution in [0.3, 0.4) is 0 Å². The number of rotatable bonds is 8. The summed E-state index contributed by atoms with van der Waals surface area (Å²) in [5, 5.41) is 11.7. The van der Waals surface area contributed by atoms with E-state index in [2.05, 4.69) is 31.7 Å². The molecule has 29 heavy (non-hydrogen) atoms. The van der Waals surface area contributed by atoms with Crippen molar-refractivity contribution in [2.24, 2.45) is 0 Å². The van der Waals surface area contributed by atoms with Gasteiger partial charge in [0.05, 0.1) is 22.8 Å². The third kappa shape index (κ3) is 6.12. The minimum atomic E-state index is -0.361. The molecule has 0 saturated heterocycles. The van der Waals surface area contributed by atoms with Gasteiger partial charge < -0.3 is 15.4 Å². The zero-order valence-electron chi connectivity index (χ0n) is 15.9. The van der Waals surface area contributed by atoms with E-state index in [-0.39, 0.29) is 5.97 Å². The Labute approximate surface area is 187 Å². The molecule has 1 aromatic carbocycles. The topological polar surface area (TPSA) is 68.2 Å². The smallest absolute Gasteiger partial charge is 0.341 e. The van der Waals surface area contributed by atoms with E-state index in [1.54, 1.807) is 13.1 Å². The Hall–Kier alpha value is -2.23. The second-order valence-corrected chi connectivity index (χ2v) is 8.47. The van der Waals surface area contributed by atoms with Crippen molar-refractivity contribution >= 4 is 55.6 Å². The molecule has 0 aliphatic carbocycles. The van der Waals surface area contributed by atoms with Crippen molar-refractivity contribution in [3.8, 4) is 10.4 Å². The summed E-state index contributed by atoms with van der Waals surface area (Å²) in [6.45, 7) is 3.59. The van der Waals surface area contributed by atoms with E-state index >= 15 is 0 Å². The standard InChI is InChI=1S/C20H21BrN4O2S2/c1-2-27-19(26)16-11-17(14-7-4-3-5-8-14)29-18(16)24-20(28)22-9-6-10-25-13-15(21)12-23-25/h3-5,7-8,11-13H,2,6,9-10H2,1H3,(H2,22,24,28). The number of esters is 1. The van der Waals surface area contributed by atoms with Crippen LogP contribution in [0.5, 0.6) is 0 Å². The summed E-state index contributed by atoms with van der Waals surface area (Å²) in [5.74, 6) is -0.361. The van der Waals surface area contributed by atoms with Crippen molar-refractivity contribution in [1.29, 1.82) is 0 Å². The van der Waals surface area contributed by atoms with Gasteiger partial charge in [-0.05, 0) is 53.1 Å². The Morgan fingerprint density at radius 3 is 2.83 bits per heavy atom. The number of nitrogens with one attached hydrogen (secondary N) is 2. The Morgan fingerprint density at radius 1 is 1.34 bits per heavy atom. The number of thiophene rings is 1. The molecule has 0 spiro atoms. The van der Waals surface area contributed by atoms with Crippen LogP contribution in [0.25, 0.3) is 10.4 Å². The third-order valence-corrected chi connectivity index (χ3v) is 5.72. The Kier molecular flexibility index (Phi) is 7.79. The molecule has 0 radical (unpaired) electrons. The highest BCUT2D eigenvalue weighted by Crippen LogP contribution is 2.35. The lowest BCUT2D eigenvalue weighted by Crippen LogP contribution is -2.30. The maximum atomic E-state index is 12.4. The van der Waals surface area contributed by atoms with Gasteiger partial charge in [0.2, 0.25) is 0 Å². The highest BCUT2D eigenvalue weighted by atomic mass is 79.9. The van der Waals surface area contributed by atoms with E-state index in [1.807, 2.05) is 47.3 Å². The molecular formula is C20H21BrN4O2S2. The highest BCUT2D eigenvalue weighted by Gasteiger charge is 2.19. The van der Waals surface area contributed by atoms with Gasteiger partial charge in [0.25, 0.3) is 0 Å². The van der Waals surface area contributed by atoms with Crippen molar-refractivity contribution in [2.75, 3.05) is 18.5 Å². The average Bonchev–Trinajstić information content (AvgIpc) is 3.32. The second kappa shape index (κ2) is 10.5. The predicted molar refractivity (Wildman–Crippen MR) is 124 cm³/mol. The zero-order valence-corrected chi connectivity index (χ0v) is 19.1. The first kappa shape index (κ1) is 21.5. The third-order valence-electron chi connectivity index (χ3n) is 3.96. The molecule has 0 saturated carbocycles. The van der Waals surface area contributed by atoms with Gasteiger partial charge in [-0.2, -0.15) is 5.10 Å². The van der Waals surface area contributed by atoms with Gasteiger partial charge in [-0.1, -0.05) is 30.3 Å². The lowest BCUT2D eigenvalue weighted by atomic mass is 10.1. The lowest BCUT2D eigenvalue weighted by molar-refractivity contribution is 0.0528. The summed E-state index contributed by atoms with van der Waals surface area (Å²) in [5.41, 5.74) is 1.53. The summed E-state index contributed by atoms with van der Waals surface area (Å²) in [6.07, 6.45) is 4.55. The minimum Gasteiger partial charge on any atom is -0.462 e. The number of anilines is 1. The molecule has 0 unspecified atom stereocenters. The van der Waals surface area contributed by atoms with Gasteiger partial charge in [-0.3, -0.25) is 4.68 Å². The van der Waals surface area contributed by atoms with Crippen molar-refractivity contribution in [1.82, 2.24) is 15.1 Å². The molecule has 3 aromatic rings. The molecule has 2 N–H and O–H groups in total. The fourth-order valence-electron chi connectivity index (χ4n) is 2.64. The van der Waals surface area contributed by atoms with Crippen molar-refractivity contribution in [2.45, 2.75) is 19.9 Å². The molecule has 0 bridgehead atoms. The van der Waals surface area contributed by atoms with E-state index in [1.165, 1.54) is 11.3 Å². The number of hydrogen-bond donors (Lipinski definition) is 2. The number of nitrogens with zero attached hydrogens (tertiary/aromatic N) is 2. The molecule has 0 amide bonds. The minimum absolute atomic E-state index is 0.320. The summed E-state index contributed by atoms with van der Waals surface area (Å²) >= 11 is 10.3. The van der Waals surface area contributed by atoms with Crippen molar-refractivity contribution < 1.29 is 9.53 Å². The molecular weight excluding hydrogens is 472 g/mol. The van der Waals surface area contributed by atoms with E-state index in [0.29, 0.717) is 28.8 Å². The summed E-state index contributed by atoms with van der Waals surface area (Å²) in [7, 11) is 0. The van der Waals surface area contributed by atoms with E-state index < -0.39 is 0 Å². The largest absolute Gasteiger partial charge is 0.462 e. The fourth-order valence-corrected chi connectivity index (χ4v) is 4.29. The van der Waals surface area contributed by atoms with E-state index in [0.717, 1.165) is 27.9 Å². The second-order valence-electron chi connectivity index (χ2n) is 6.10. The number of carbonyl (C=O) groups is 1. The molecule has 152 valence electrons. The number of aromatic nitrogens is 2. The monoisotopic (exact) mass is 492 g/mol. The fraction of sp³-hybridized carbons (Fsp3) is 0.250. The Balaban J connectivity index is 1.62. The molecule has 2 heterocycles. The van der Waals surface area contributed by atoms with Gasteiger partial charge in [0.1, 0.15) is 5.00 Å². The van der Waals surface area contributed by atoms with Crippen LogP contribution in [-0.4, -0.2) is 34.0 Å². The molecule has 2 aromatic heterocycles. The maximum absolute atomic E-state index is 12.4. The van der Waals surface area contributed by atoms with Crippen LogP contribution in [0, 0.1) is 0 Å².